The van der Waals surface area contributed by atoms with Crippen LogP contribution in [0.4, 0.5) is 0 Å². The molecule has 0 saturated carbocycles. The number of nitrogens with zero attached hydrogens (tertiary/aromatic N) is 2. The van der Waals surface area contributed by atoms with Crippen LogP contribution in [0.25, 0.3) is 11.4 Å². The zero-order valence-electron chi connectivity index (χ0n) is 14.4. The molecule has 1 amide bonds. The maximum atomic E-state index is 11.9. The summed E-state index contributed by atoms with van der Waals surface area (Å²) in [5, 5.41) is 9.94. The molecule has 26 heavy (non-hydrogen) atoms. The van der Waals surface area contributed by atoms with Crippen LogP contribution >= 0.6 is 12.4 Å². The van der Waals surface area contributed by atoms with Crippen molar-refractivity contribution in [3.8, 4) is 11.4 Å². The van der Waals surface area contributed by atoms with Crippen molar-refractivity contribution in [3.63, 3.8) is 0 Å². The van der Waals surface area contributed by atoms with Gasteiger partial charge >= 0.3 is 5.97 Å². The number of benzene rings is 1. The lowest BCUT2D eigenvalue weighted by molar-refractivity contribution is -0.122. The highest BCUT2D eigenvalue weighted by molar-refractivity contribution is 5.90. The number of ether oxygens (including phenoxy) is 1. The lowest BCUT2D eigenvalue weighted by Gasteiger charge is -2.09. The summed E-state index contributed by atoms with van der Waals surface area (Å²) in [5.41, 5.74) is 1.08. The normalized spacial score (nSPS) is 16.0. The summed E-state index contributed by atoms with van der Waals surface area (Å²) in [6.45, 7) is 1.32. The second-order valence-corrected chi connectivity index (χ2v) is 5.77. The van der Waals surface area contributed by atoms with Crippen molar-refractivity contribution in [1.29, 1.82) is 0 Å². The number of hydrogen-bond acceptors (Lipinski definition) is 7. The van der Waals surface area contributed by atoms with E-state index in [9.17, 15) is 9.59 Å². The third-order valence-electron chi connectivity index (χ3n) is 4.02. The standard InChI is InChI=1S/C17H20N4O4.ClH/c1-24-17(23)12-5-2-4-11(10-12)15-20-14(25-21-15)7-9-19-16(22)13-6-3-8-18-13;/h2,4-5,10,13,18H,3,6-9H2,1H3,(H,19,22);1H. The highest BCUT2D eigenvalue weighted by Gasteiger charge is 2.21. The number of esters is 1. The Hall–Kier alpha value is -2.45. The van der Waals surface area contributed by atoms with Crippen molar-refractivity contribution >= 4 is 24.3 Å². The first-order valence-corrected chi connectivity index (χ1v) is 8.20. The van der Waals surface area contributed by atoms with E-state index >= 15 is 0 Å². The van der Waals surface area contributed by atoms with Gasteiger partial charge in [-0.25, -0.2) is 4.79 Å². The summed E-state index contributed by atoms with van der Waals surface area (Å²) in [4.78, 5) is 27.8. The molecule has 3 rings (SSSR count). The molecule has 1 unspecified atom stereocenters. The summed E-state index contributed by atoms with van der Waals surface area (Å²) in [6.07, 6.45) is 2.34. The monoisotopic (exact) mass is 380 g/mol. The van der Waals surface area contributed by atoms with Crippen molar-refractivity contribution in [2.45, 2.75) is 25.3 Å². The molecule has 140 valence electrons. The van der Waals surface area contributed by atoms with Gasteiger partial charge in [-0.3, -0.25) is 4.79 Å². The number of hydrogen-bond donors (Lipinski definition) is 2. The molecular weight excluding hydrogens is 360 g/mol. The van der Waals surface area contributed by atoms with Crippen molar-refractivity contribution in [1.82, 2.24) is 20.8 Å². The molecule has 0 bridgehead atoms. The van der Waals surface area contributed by atoms with E-state index in [2.05, 4.69) is 20.8 Å². The quantitative estimate of drug-likeness (QED) is 0.728. The van der Waals surface area contributed by atoms with Gasteiger partial charge in [0, 0.05) is 18.5 Å². The van der Waals surface area contributed by atoms with Crippen LogP contribution in [0.5, 0.6) is 0 Å². The van der Waals surface area contributed by atoms with E-state index in [-0.39, 0.29) is 24.4 Å². The van der Waals surface area contributed by atoms with Gasteiger partial charge in [0.05, 0.1) is 18.7 Å². The van der Waals surface area contributed by atoms with Crippen molar-refractivity contribution in [3.05, 3.63) is 35.7 Å². The number of amides is 1. The summed E-state index contributed by atoms with van der Waals surface area (Å²) in [6, 6.07) is 6.72. The van der Waals surface area contributed by atoms with Crippen LogP contribution in [-0.2, 0) is 16.0 Å². The molecular formula is C17H21ClN4O4. The molecule has 1 aromatic carbocycles. The molecule has 2 N–H and O–H groups in total. The topological polar surface area (TPSA) is 106 Å². The Balaban J connectivity index is 0.00000243. The van der Waals surface area contributed by atoms with Crippen molar-refractivity contribution in [2.75, 3.05) is 20.2 Å². The molecule has 1 aliphatic rings. The van der Waals surface area contributed by atoms with E-state index in [4.69, 9.17) is 9.26 Å². The minimum absolute atomic E-state index is 0. The fraction of sp³-hybridized carbons (Fsp3) is 0.412. The van der Waals surface area contributed by atoms with Crippen LogP contribution in [0.1, 0.15) is 29.1 Å². The van der Waals surface area contributed by atoms with Gasteiger partial charge in [0.15, 0.2) is 0 Å². The minimum Gasteiger partial charge on any atom is -0.465 e. The van der Waals surface area contributed by atoms with E-state index in [1.807, 2.05) is 0 Å². The van der Waals surface area contributed by atoms with E-state index in [0.717, 1.165) is 19.4 Å². The molecule has 0 aliphatic carbocycles. The molecule has 1 fully saturated rings. The van der Waals surface area contributed by atoms with Gasteiger partial charge in [-0.05, 0) is 31.5 Å². The molecule has 9 heteroatoms. The Morgan fingerprint density at radius 3 is 3.00 bits per heavy atom. The van der Waals surface area contributed by atoms with Crippen LogP contribution in [-0.4, -0.2) is 48.3 Å². The molecule has 0 radical (unpaired) electrons. The Bertz CT molecular complexity index is 759. The predicted octanol–water partition coefficient (Wildman–Crippen LogP) is 1.36. The summed E-state index contributed by atoms with van der Waals surface area (Å²) in [5.74, 6) is 0.402. The molecule has 1 saturated heterocycles. The molecule has 0 spiro atoms. The molecule has 2 heterocycles. The summed E-state index contributed by atoms with van der Waals surface area (Å²) >= 11 is 0. The van der Waals surface area contributed by atoms with Crippen molar-refractivity contribution < 1.29 is 18.8 Å². The lowest BCUT2D eigenvalue weighted by atomic mass is 10.1. The maximum Gasteiger partial charge on any atom is 0.337 e. The van der Waals surface area contributed by atoms with Gasteiger partial charge in [0.2, 0.25) is 17.6 Å². The second kappa shape index (κ2) is 9.30. The van der Waals surface area contributed by atoms with Gasteiger partial charge in [-0.2, -0.15) is 4.98 Å². The third kappa shape index (κ3) is 4.80. The van der Waals surface area contributed by atoms with Crippen LogP contribution in [0.3, 0.4) is 0 Å². The highest BCUT2D eigenvalue weighted by Crippen LogP contribution is 2.18. The SMILES string of the molecule is COC(=O)c1cccc(-c2noc(CCNC(=O)C3CCCN3)n2)c1.Cl. The summed E-state index contributed by atoms with van der Waals surface area (Å²) in [7, 11) is 1.33. The van der Waals surface area contributed by atoms with Gasteiger partial charge < -0.3 is 19.9 Å². The first-order valence-electron chi connectivity index (χ1n) is 8.20. The molecule has 8 nitrogen and oxygen atoms in total. The number of nitrogens with one attached hydrogen (secondary N) is 2. The lowest BCUT2D eigenvalue weighted by Crippen LogP contribution is -2.41. The van der Waals surface area contributed by atoms with E-state index in [0.29, 0.717) is 35.8 Å². The third-order valence-corrected chi connectivity index (χ3v) is 4.02. The average molecular weight is 381 g/mol. The van der Waals surface area contributed by atoms with E-state index in [1.54, 1.807) is 24.3 Å². The fourth-order valence-corrected chi connectivity index (χ4v) is 2.70. The van der Waals surface area contributed by atoms with E-state index in [1.165, 1.54) is 7.11 Å². The van der Waals surface area contributed by atoms with Crippen LogP contribution in [0.15, 0.2) is 28.8 Å². The minimum atomic E-state index is -0.422. The number of carbonyl (C=O) groups is 2. The maximum absolute atomic E-state index is 11.9. The Kier molecular flexibility index (Phi) is 7.11. The Morgan fingerprint density at radius 1 is 1.42 bits per heavy atom. The smallest absolute Gasteiger partial charge is 0.337 e. The van der Waals surface area contributed by atoms with Gasteiger partial charge in [-0.15, -0.1) is 12.4 Å². The number of aromatic nitrogens is 2. The largest absolute Gasteiger partial charge is 0.465 e. The Labute approximate surface area is 157 Å². The number of methoxy groups -OCH3 is 1. The number of rotatable bonds is 6. The molecule has 1 aromatic heterocycles. The van der Waals surface area contributed by atoms with Gasteiger partial charge in [0.25, 0.3) is 0 Å². The van der Waals surface area contributed by atoms with Crippen LogP contribution in [0, 0.1) is 0 Å². The first-order chi connectivity index (χ1) is 12.2. The van der Waals surface area contributed by atoms with Crippen molar-refractivity contribution in [2.24, 2.45) is 0 Å². The highest BCUT2D eigenvalue weighted by atomic mass is 35.5. The summed E-state index contributed by atoms with van der Waals surface area (Å²) < 4.78 is 9.91. The first kappa shape index (κ1) is 19.9. The van der Waals surface area contributed by atoms with Gasteiger partial charge in [-0.1, -0.05) is 17.3 Å². The van der Waals surface area contributed by atoms with Gasteiger partial charge in [0.1, 0.15) is 0 Å². The second-order valence-electron chi connectivity index (χ2n) is 5.77. The Morgan fingerprint density at radius 2 is 2.27 bits per heavy atom. The molecule has 1 atom stereocenters. The predicted molar refractivity (Wildman–Crippen MR) is 96.1 cm³/mol. The number of halogens is 1. The number of carbonyl (C=O) groups excluding carboxylic acids is 2. The zero-order valence-corrected chi connectivity index (χ0v) is 15.2. The fourth-order valence-electron chi connectivity index (χ4n) is 2.70. The molecule has 2 aromatic rings. The van der Waals surface area contributed by atoms with Crippen LogP contribution in [0.2, 0.25) is 0 Å². The van der Waals surface area contributed by atoms with Crippen LogP contribution < -0.4 is 10.6 Å². The van der Waals surface area contributed by atoms with E-state index < -0.39 is 5.97 Å². The zero-order chi connectivity index (χ0) is 17.6. The molecule has 1 aliphatic heterocycles. The average Bonchev–Trinajstić information content (AvgIpc) is 3.33.